The molecule has 16 heavy (non-hydrogen) atoms. The maximum Gasteiger partial charge on any atom is 0.0898 e. The average molecular weight is 252 g/mol. The second kappa shape index (κ2) is 5.08. The van der Waals surface area contributed by atoms with E-state index in [1.54, 1.807) is 11.3 Å². The summed E-state index contributed by atoms with van der Waals surface area (Å²) in [5.74, 6) is 0. The van der Waals surface area contributed by atoms with Gasteiger partial charge < -0.3 is 5.32 Å². The lowest BCUT2D eigenvalue weighted by atomic mass is 10.2. The van der Waals surface area contributed by atoms with E-state index in [2.05, 4.69) is 41.7 Å². The summed E-state index contributed by atoms with van der Waals surface area (Å²) in [6.07, 6.45) is 0. The molecule has 2 aromatic heterocycles. The van der Waals surface area contributed by atoms with Crippen molar-refractivity contribution in [1.82, 2.24) is 10.3 Å². The van der Waals surface area contributed by atoms with Crippen LogP contribution < -0.4 is 5.32 Å². The molecule has 0 radical (unpaired) electrons. The summed E-state index contributed by atoms with van der Waals surface area (Å²) in [5.41, 5.74) is 1.15. The summed E-state index contributed by atoms with van der Waals surface area (Å²) in [6.45, 7) is 7.27. The Labute approximate surface area is 104 Å². The number of rotatable bonds is 4. The number of aryl methyl sites for hydroxylation is 2. The lowest BCUT2D eigenvalue weighted by Crippen LogP contribution is -2.17. The number of hydrogen-bond donors (Lipinski definition) is 1. The Hall–Kier alpha value is -0.710. The predicted octanol–water partition coefficient (Wildman–Crippen LogP) is 3.67. The SMILES string of the molecule is Cc1ccc(CNC(C)c2csc(C)n2)s1. The van der Waals surface area contributed by atoms with Crippen molar-refractivity contribution >= 4 is 22.7 Å². The van der Waals surface area contributed by atoms with E-state index in [1.165, 1.54) is 9.75 Å². The van der Waals surface area contributed by atoms with Gasteiger partial charge in [-0.1, -0.05) is 0 Å². The van der Waals surface area contributed by atoms with Gasteiger partial charge in [-0.05, 0) is 32.9 Å². The number of thiophene rings is 1. The quantitative estimate of drug-likeness (QED) is 0.898. The van der Waals surface area contributed by atoms with E-state index in [1.807, 2.05) is 18.3 Å². The molecule has 1 atom stereocenters. The molecule has 0 bridgehead atoms. The highest BCUT2D eigenvalue weighted by atomic mass is 32.1. The number of hydrogen-bond acceptors (Lipinski definition) is 4. The maximum absolute atomic E-state index is 4.49. The van der Waals surface area contributed by atoms with Crippen molar-refractivity contribution in [1.29, 1.82) is 0 Å². The van der Waals surface area contributed by atoms with Crippen LogP contribution in [0.5, 0.6) is 0 Å². The number of nitrogens with zero attached hydrogens (tertiary/aromatic N) is 1. The first-order valence-electron chi connectivity index (χ1n) is 5.36. The average Bonchev–Trinajstić information content (AvgIpc) is 2.84. The summed E-state index contributed by atoms with van der Waals surface area (Å²) >= 11 is 3.56. The lowest BCUT2D eigenvalue weighted by Gasteiger charge is -2.10. The highest BCUT2D eigenvalue weighted by molar-refractivity contribution is 7.11. The fourth-order valence-corrected chi connectivity index (χ4v) is 3.06. The van der Waals surface area contributed by atoms with Crippen molar-refractivity contribution < 1.29 is 0 Å². The third-order valence-corrected chi connectivity index (χ3v) is 4.25. The summed E-state index contributed by atoms with van der Waals surface area (Å²) in [6, 6.07) is 4.68. The van der Waals surface area contributed by atoms with E-state index in [0.29, 0.717) is 6.04 Å². The Morgan fingerprint density at radius 3 is 2.75 bits per heavy atom. The Kier molecular flexibility index (Phi) is 3.74. The van der Waals surface area contributed by atoms with Gasteiger partial charge in [-0.3, -0.25) is 0 Å². The first-order valence-corrected chi connectivity index (χ1v) is 7.05. The van der Waals surface area contributed by atoms with Gasteiger partial charge in [-0.15, -0.1) is 22.7 Å². The molecule has 0 saturated carbocycles. The number of aromatic nitrogens is 1. The summed E-state index contributed by atoms with van der Waals surface area (Å²) < 4.78 is 0. The molecule has 0 amide bonds. The molecule has 0 aliphatic heterocycles. The molecule has 0 aromatic carbocycles. The second-order valence-corrected chi connectivity index (χ2v) is 6.34. The van der Waals surface area contributed by atoms with Crippen LogP contribution in [0.4, 0.5) is 0 Å². The van der Waals surface area contributed by atoms with Crippen molar-refractivity contribution in [3.05, 3.63) is 38.0 Å². The second-order valence-electron chi connectivity index (χ2n) is 3.91. The molecular weight excluding hydrogens is 236 g/mol. The van der Waals surface area contributed by atoms with Gasteiger partial charge in [0.2, 0.25) is 0 Å². The van der Waals surface area contributed by atoms with Crippen LogP contribution in [0, 0.1) is 13.8 Å². The fourth-order valence-electron chi connectivity index (χ4n) is 1.52. The third-order valence-electron chi connectivity index (χ3n) is 2.46. The Bertz CT molecular complexity index is 459. The van der Waals surface area contributed by atoms with E-state index in [0.717, 1.165) is 17.2 Å². The molecule has 1 unspecified atom stereocenters. The van der Waals surface area contributed by atoms with Crippen molar-refractivity contribution in [2.24, 2.45) is 0 Å². The van der Waals surface area contributed by atoms with Gasteiger partial charge in [-0.25, -0.2) is 4.98 Å². The number of nitrogens with one attached hydrogen (secondary N) is 1. The summed E-state index contributed by atoms with van der Waals surface area (Å²) in [5, 5.41) is 6.76. The molecule has 0 fully saturated rings. The van der Waals surface area contributed by atoms with Crippen LogP contribution in [0.3, 0.4) is 0 Å². The van der Waals surface area contributed by atoms with Crippen LogP contribution in [0.2, 0.25) is 0 Å². The molecule has 4 heteroatoms. The normalized spacial score (nSPS) is 12.9. The van der Waals surface area contributed by atoms with Crippen LogP contribution in [0.25, 0.3) is 0 Å². The van der Waals surface area contributed by atoms with Gasteiger partial charge in [0.15, 0.2) is 0 Å². The summed E-state index contributed by atoms with van der Waals surface area (Å²) in [4.78, 5) is 7.24. The number of thiazole rings is 1. The van der Waals surface area contributed by atoms with Crippen LogP contribution in [0.15, 0.2) is 17.5 Å². The maximum atomic E-state index is 4.49. The molecule has 2 rings (SSSR count). The minimum absolute atomic E-state index is 0.326. The zero-order valence-electron chi connectivity index (χ0n) is 9.78. The van der Waals surface area contributed by atoms with Gasteiger partial charge >= 0.3 is 0 Å². The molecule has 2 heterocycles. The third kappa shape index (κ3) is 2.90. The van der Waals surface area contributed by atoms with E-state index in [9.17, 15) is 0 Å². The highest BCUT2D eigenvalue weighted by Crippen LogP contribution is 2.18. The standard InChI is InChI=1S/C12H16N2S2/c1-8-4-5-11(16-8)6-13-9(2)12-7-15-10(3)14-12/h4-5,7,9,13H,6H2,1-3H3. The Balaban J connectivity index is 1.91. The van der Waals surface area contributed by atoms with E-state index >= 15 is 0 Å². The van der Waals surface area contributed by atoms with Crippen LogP contribution in [-0.2, 0) is 6.54 Å². The minimum atomic E-state index is 0.326. The smallest absolute Gasteiger partial charge is 0.0898 e. The zero-order chi connectivity index (χ0) is 11.5. The van der Waals surface area contributed by atoms with Gasteiger partial charge in [-0.2, -0.15) is 0 Å². The molecule has 0 aliphatic rings. The van der Waals surface area contributed by atoms with Gasteiger partial charge in [0.1, 0.15) is 0 Å². The molecule has 0 saturated heterocycles. The van der Waals surface area contributed by atoms with Crippen LogP contribution in [-0.4, -0.2) is 4.98 Å². The van der Waals surface area contributed by atoms with Crippen molar-refractivity contribution in [2.75, 3.05) is 0 Å². The molecule has 2 nitrogen and oxygen atoms in total. The van der Waals surface area contributed by atoms with Gasteiger partial charge in [0.05, 0.1) is 10.7 Å². The van der Waals surface area contributed by atoms with E-state index in [-0.39, 0.29) is 0 Å². The van der Waals surface area contributed by atoms with Crippen LogP contribution in [0.1, 0.15) is 33.4 Å². The van der Waals surface area contributed by atoms with Gasteiger partial charge in [0.25, 0.3) is 0 Å². The van der Waals surface area contributed by atoms with E-state index < -0.39 is 0 Å². The molecule has 0 spiro atoms. The molecule has 86 valence electrons. The van der Waals surface area contributed by atoms with Crippen molar-refractivity contribution in [2.45, 2.75) is 33.4 Å². The largest absolute Gasteiger partial charge is 0.304 e. The summed E-state index contributed by atoms with van der Waals surface area (Å²) in [7, 11) is 0. The first-order chi connectivity index (χ1) is 7.65. The molecular formula is C12H16N2S2. The lowest BCUT2D eigenvalue weighted by molar-refractivity contribution is 0.567. The van der Waals surface area contributed by atoms with Crippen molar-refractivity contribution in [3.8, 4) is 0 Å². The highest BCUT2D eigenvalue weighted by Gasteiger charge is 2.08. The Morgan fingerprint density at radius 2 is 2.19 bits per heavy atom. The van der Waals surface area contributed by atoms with Crippen molar-refractivity contribution in [3.63, 3.8) is 0 Å². The fraction of sp³-hybridized carbons (Fsp3) is 0.417. The zero-order valence-corrected chi connectivity index (χ0v) is 11.4. The first kappa shape index (κ1) is 11.8. The van der Waals surface area contributed by atoms with E-state index in [4.69, 9.17) is 0 Å². The minimum Gasteiger partial charge on any atom is -0.304 e. The van der Waals surface area contributed by atoms with Gasteiger partial charge in [0, 0.05) is 27.7 Å². The van der Waals surface area contributed by atoms with Crippen LogP contribution >= 0.6 is 22.7 Å². The molecule has 2 aromatic rings. The molecule has 0 aliphatic carbocycles. The topological polar surface area (TPSA) is 24.9 Å². The predicted molar refractivity (Wildman–Crippen MR) is 71.2 cm³/mol. The Morgan fingerprint density at radius 1 is 1.38 bits per heavy atom. The monoisotopic (exact) mass is 252 g/mol. The molecule has 1 N–H and O–H groups in total.